The molecule has 0 saturated carbocycles. The first-order chi connectivity index (χ1) is 11.7. The van der Waals surface area contributed by atoms with Gasteiger partial charge in [-0.15, -0.1) is 11.8 Å². The predicted octanol–water partition coefficient (Wildman–Crippen LogP) is 4.47. The molecule has 1 unspecified atom stereocenters. The number of thioether (sulfide) groups is 1. The van der Waals surface area contributed by atoms with Crippen LogP contribution in [0.2, 0.25) is 5.02 Å². The Hall–Kier alpha value is -1.23. The lowest BCUT2D eigenvalue weighted by Gasteiger charge is -2.23. The van der Waals surface area contributed by atoms with Crippen LogP contribution in [0.4, 0.5) is 0 Å². The number of hydrogen-bond acceptors (Lipinski definition) is 3. The van der Waals surface area contributed by atoms with E-state index in [9.17, 15) is 4.79 Å². The second kappa shape index (κ2) is 8.24. The summed E-state index contributed by atoms with van der Waals surface area (Å²) < 4.78 is 5.42. The molecule has 0 spiro atoms. The van der Waals surface area contributed by atoms with Crippen LogP contribution < -0.4 is 0 Å². The molecule has 5 heteroatoms. The molecule has 128 valence electrons. The van der Waals surface area contributed by atoms with Crippen molar-refractivity contribution in [3.8, 4) is 0 Å². The fourth-order valence-corrected chi connectivity index (χ4v) is 4.41. The van der Waals surface area contributed by atoms with Gasteiger partial charge in [-0.25, -0.2) is 0 Å². The fraction of sp³-hybridized carbons (Fsp3) is 0.421. The van der Waals surface area contributed by atoms with E-state index < -0.39 is 0 Å². The highest BCUT2D eigenvalue weighted by Gasteiger charge is 2.21. The van der Waals surface area contributed by atoms with E-state index in [4.69, 9.17) is 16.3 Å². The number of carbonyl (C=O) groups is 1. The molecule has 1 aliphatic rings. The Morgan fingerprint density at radius 2 is 2.12 bits per heavy atom. The molecule has 0 N–H and O–H groups in total. The zero-order chi connectivity index (χ0) is 16.9. The zero-order valence-corrected chi connectivity index (χ0v) is 15.4. The summed E-state index contributed by atoms with van der Waals surface area (Å²) in [5.41, 5.74) is 0. The fourth-order valence-electron chi connectivity index (χ4n) is 3.06. The molecule has 0 radical (unpaired) electrons. The Bertz CT molecular complexity index is 710. The minimum atomic E-state index is 0.179. The number of ether oxygens (including phenoxy) is 1. The smallest absolute Gasteiger partial charge is 0.232 e. The Labute approximate surface area is 152 Å². The molecule has 1 amide bonds. The molecular formula is C19H22ClNO2S. The summed E-state index contributed by atoms with van der Waals surface area (Å²) in [7, 11) is 0. The lowest BCUT2D eigenvalue weighted by atomic mass is 10.1. The molecule has 2 aromatic carbocycles. The van der Waals surface area contributed by atoms with Crippen molar-refractivity contribution in [2.24, 2.45) is 5.92 Å². The van der Waals surface area contributed by atoms with Gasteiger partial charge in [0.1, 0.15) is 0 Å². The molecule has 3 rings (SSSR count). The molecule has 1 heterocycles. The number of benzene rings is 2. The first-order valence-corrected chi connectivity index (χ1v) is 9.71. The monoisotopic (exact) mass is 363 g/mol. The highest BCUT2D eigenvalue weighted by molar-refractivity contribution is 8.00. The molecule has 0 aromatic heterocycles. The van der Waals surface area contributed by atoms with Crippen molar-refractivity contribution in [3.05, 3.63) is 41.4 Å². The number of rotatable bonds is 6. The lowest BCUT2D eigenvalue weighted by Crippen LogP contribution is -2.36. The molecule has 1 fully saturated rings. The van der Waals surface area contributed by atoms with Crippen LogP contribution in [0.3, 0.4) is 0 Å². The van der Waals surface area contributed by atoms with Gasteiger partial charge in [0.25, 0.3) is 0 Å². The number of carbonyl (C=O) groups excluding carboxylic acids is 1. The molecule has 0 aliphatic carbocycles. The van der Waals surface area contributed by atoms with Crippen molar-refractivity contribution in [2.45, 2.75) is 18.2 Å². The van der Waals surface area contributed by atoms with Crippen molar-refractivity contribution in [2.75, 3.05) is 32.1 Å². The van der Waals surface area contributed by atoms with Crippen LogP contribution >= 0.6 is 23.4 Å². The van der Waals surface area contributed by atoms with Crippen molar-refractivity contribution in [3.63, 3.8) is 0 Å². The number of nitrogens with zero attached hydrogens (tertiary/aromatic N) is 1. The third kappa shape index (κ3) is 4.05. The van der Waals surface area contributed by atoms with Crippen LogP contribution in [0.25, 0.3) is 10.8 Å². The van der Waals surface area contributed by atoms with Crippen LogP contribution in [0.1, 0.15) is 13.3 Å². The van der Waals surface area contributed by atoms with Gasteiger partial charge >= 0.3 is 0 Å². The van der Waals surface area contributed by atoms with Crippen molar-refractivity contribution >= 4 is 40.0 Å². The van der Waals surface area contributed by atoms with Crippen LogP contribution in [0, 0.1) is 5.92 Å². The first kappa shape index (κ1) is 17.6. The van der Waals surface area contributed by atoms with Crippen molar-refractivity contribution < 1.29 is 9.53 Å². The minimum absolute atomic E-state index is 0.179. The summed E-state index contributed by atoms with van der Waals surface area (Å²) in [4.78, 5) is 15.6. The maximum absolute atomic E-state index is 12.6. The van der Waals surface area contributed by atoms with Gasteiger partial charge in [0.05, 0.1) is 12.4 Å². The summed E-state index contributed by atoms with van der Waals surface area (Å²) in [6.07, 6.45) is 1.05. The van der Waals surface area contributed by atoms with Gasteiger partial charge < -0.3 is 9.64 Å². The topological polar surface area (TPSA) is 29.5 Å². The summed E-state index contributed by atoms with van der Waals surface area (Å²) >= 11 is 7.93. The summed E-state index contributed by atoms with van der Waals surface area (Å²) in [6.45, 7) is 5.17. The summed E-state index contributed by atoms with van der Waals surface area (Å²) in [5, 5.41) is 2.88. The second-order valence-electron chi connectivity index (χ2n) is 6.04. The number of fused-ring (bicyclic) bond motifs is 1. The molecule has 24 heavy (non-hydrogen) atoms. The average molecular weight is 364 g/mol. The molecule has 0 bridgehead atoms. The highest BCUT2D eigenvalue weighted by atomic mass is 35.5. The Kier molecular flexibility index (Phi) is 6.04. The van der Waals surface area contributed by atoms with Gasteiger partial charge in [-0.1, -0.05) is 35.9 Å². The largest absolute Gasteiger partial charge is 0.381 e. The van der Waals surface area contributed by atoms with Gasteiger partial charge in [0.15, 0.2) is 0 Å². The van der Waals surface area contributed by atoms with Crippen LogP contribution in [0.15, 0.2) is 41.3 Å². The summed E-state index contributed by atoms with van der Waals surface area (Å²) in [5.74, 6) is 1.09. The number of amides is 1. The number of halogens is 1. The first-order valence-electron chi connectivity index (χ1n) is 8.34. The van der Waals surface area contributed by atoms with E-state index >= 15 is 0 Å². The quantitative estimate of drug-likeness (QED) is 0.709. The van der Waals surface area contributed by atoms with Gasteiger partial charge in [-0.2, -0.15) is 0 Å². The van der Waals surface area contributed by atoms with E-state index in [1.54, 1.807) is 11.8 Å². The third-order valence-electron chi connectivity index (χ3n) is 4.40. The maximum atomic E-state index is 12.6. The Morgan fingerprint density at radius 3 is 2.83 bits per heavy atom. The van der Waals surface area contributed by atoms with E-state index in [2.05, 4.69) is 0 Å². The molecule has 3 nitrogen and oxygen atoms in total. The molecule has 1 saturated heterocycles. The van der Waals surface area contributed by atoms with Crippen molar-refractivity contribution in [1.82, 2.24) is 4.90 Å². The summed E-state index contributed by atoms with van der Waals surface area (Å²) in [6, 6.07) is 12.0. The molecule has 2 aromatic rings. The van der Waals surface area contributed by atoms with Gasteiger partial charge in [-0.3, -0.25) is 4.79 Å². The van der Waals surface area contributed by atoms with E-state index in [1.165, 1.54) is 0 Å². The maximum Gasteiger partial charge on any atom is 0.232 e. The van der Waals surface area contributed by atoms with Crippen LogP contribution in [-0.4, -0.2) is 42.9 Å². The molecule has 1 aliphatic heterocycles. The van der Waals surface area contributed by atoms with Gasteiger partial charge in [-0.05, 0) is 30.9 Å². The van der Waals surface area contributed by atoms with E-state index in [0.717, 1.165) is 53.4 Å². The SMILES string of the molecule is CCN(CC1CCOC1)C(=O)CSc1cccc2cccc(Cl)c12. The molecule has 1 atom stereocenters. The lowest BCUT2D eigenvalue weighted by molar-refractivity contribution is -0.128. The zero-order valence-electron chi connectivity index (χ0n) is 13.8. The van der Waals surface area contributed by atoms with Crippen molar-refractivity contribution in [1.29, 1.82) is 0 Å². The van der Waals surface area contributed by atoms with E-state index in [0.29, 0.717) is 11.7 Å². The van der Waals surface area contributed by atoms with Crippen LogP contribution in [-0.2, 0) is 9.53 Å². The van der Waals surface area contributed by atoms with E-state index in [1.807, 2.05) is 48.2 Å². The predicted molar refractivity (Wildman–Crippen MR) is 101 cm³/mol. The number of hydrogen-bond donors (Lipinski definition) is 0. The van der Waals surface area contributed by atoms with Gasteiger partial charge in [0, 0.05) is 40.9 Å². The molecular weight excluding hydrogens is 342 g/mol. The minimum Gasteiger partial charge on any atom is -0.381 e. The normalized spacial score (nSPS) is 17.3. The van der Waals surface area contributed by atoms with E-state index in [-0.39, 0.29) is 5.91 Å². The average Bonchev–Trinajstić information content (AvgIpc) is 3.11. The third-order valence-corrected chi connectivity index (χ3v) is 5.76. The Balaban J connectivity index is 1.67. The standard InChI is InChI=1S/C19H22ClNO2S/c1-2-21(11-14-9-10-23-12-14)18(22)13-24-17-8-4-6-15-5-3-7-16(20)19(15)17/h3-8,14H,2,9-13H2,1H3. The van der Waals surface area contributed by atoms with Gasteiger partial charge in [0.2, 0.25) is 5.91 Å². The second-order valence-corrected chi connectivity index (χ2v) is 7.47. The highest BCUT2D eigenvalue weighted by Crippen LogP contribution is 2.33. The van der Waals surface area contributed by atoms with Crippen LogP contribution in [0.5, 0.6) is 0 Å². The Morgan fingerprint density at radius 1 is 1.33 bits per heavy atom.